The Hall–Kier alpha value is -1.30. The lowest BCUT2D eigenvalue weighted by Gasteiger charge is -2.10. The molecule has 0 bridgehead atoms. The van der Waals surface area contributed by atoms with E-state index in [2.05, 4.69) is 0 Å². The summed E-state index contributed by atoms with van der Waals surface area (Å²) < 4.78 is 41.2. The van der Waals surface area contributed by atoms with E-state index in [0.717, 1.165) is 0 Å². The second kappa shape index (κ2) is 6.22. The van der Waals surface area contributed by atoms with E-state index in [4.69, 9.17) is 27.0 Å². The first-order valence-corrected chi connectivity index (χ1v) is 8.58. The van der Waals surface area contributed by atoms with Crippen LogP contribution in [0.2, 0.25) is 5.02 Å². The number of ether oxygens (including phenoxy) is 1. The van der Waals surface area contributed by atoms with Gasteiger partial charge in [0.1, 0.15) is 18.2 Å². The van der Waals surface area contributed by atoms with Gasteiger partial charge in [-0.1, -0.05) is 11.6 Å². The molecule has 0 aliphatic rings. The van der Waals surface area contributed by atoms with E-state index in [0.29, 0.717) is 21.9 Å². The zero-order valence-corrected chi connectivity index (χ0v) is 13.3. The molecule has 112 valence electrons. The largest absolute Gasteiger partial charge is 0.489 e. The van der Waals surface area contributed by atoms with Crippen LogP contribution < -0.4 is 4.74 Å². The van der Waals surface area contributed by atoms with Gasteiger partial charge >= 0.3 is 0 Å². The molecule has 0 aliphatic carbocycles. The quantitative estimate of drug-likeness (QED) is 0.774. The summed E-state index contributed by atoms with van der Waals surface area (Å²) in [6.45, 7) is 1.68. The zero-order valence-electron chi connectivity index (χ0n) is 10.9. The molecule has 0 radical (unpaired) electrons. The fourth-order valence-electron chi connectivity index (χ4n) is 1.80. The summed E-state index contributed by atoms with van der Waals surface area (Å²) in [6.07, 6.45) is 0. The van der Waals surface area contributed by atoms with Crippen LogP contribution in [0.3, 0.4) is 0 Å². The van der Waals surface area contributed by atoms with Gasteiger partial charge in [0.15, 0.2) is 0 Å². The average molecular weight is 349 g/mol. The Balaban J connectivity index is 2.18. The molecular weight excluding hydrogens is 338 g/mol. The third-order valence-electron chi connectivity index (χ3n) is 2.81. The highest BCUT2D eigenvalue weighted by molar-refractivity contribution is 8.13. The zero-order chi connectivity index (χ0) is 15.6. The van der Waals surface area contributed by atoms with Gasteiger partial charge in [0, 0.05) is 21.3 Å². The molecule has 0 heterocycles. The molecule has 21 heavy (non-hydrogen) atoms. The van der Waals surface area contributed by atoms with Crippen molar-refractivity contribution in [3.8, 4) is 5.75 Å². The molecule has 0 unspecified atom stereocenters. The van der Waals surface area contributed by atoms with Gasteiger partial charge in [-0.2, -0.15) is 0 Å². The molecule has 3 nitrogen and oxygen atoms in total. The van der Waals surface area contributed by atoms with Crippen LogP contribution in [0.25, 0.3) is 0 Å². The lowest BCUT2D eigenvalue weighted by molar-refractivity contribution is 0.305. The molecule has 0 saturated heterocycles. The molecule has 0 N–H and O–H groups in total. The van der Waals surface area contributed by atoms with Crippen molar-refractivity contribution in [2.24, 2.45) is 0 Å². The highest BCUT2D eigenvalue weighted by Gasteiger charge is 2.14. The van der Waals surface area contributed by atoms with Gasteiger partial charge in [-0.05, 0) is 48.9 Å². The van der Waals surface area contributed by atoms with Crippen molar-refractivity contribution in [3.05, 3.63) is 58.4 Å². The van der Waals surface area contributed by atoms with Crippen LogP contribution in [0.5, 0.6) is 5.75 Å². The second-order valence-electron chi connectivity index (χ2n) is 4.39. The van der Waals surface area contributed by atoms with E-state index >= 15 is 0 Å². The van der Waals surface area contributed by atoms with Gasteiger partial charge in [0.05, 0.1) is 4.90 Å². The fourth-order valence-corrected chi connectivity index (χ4v) is 3.17. The summed E-state index contributed by atoms with van der Waals surface area (Å²) >= 11 is 5.94. The third-order valence-corrected chi connectivity index (χ3v) is 4.66. The molecule has 0 aromatic heterocycles. The van der Waals surface area contributed by atoms with Crippen molar-refractivity contribution in [3.63, 3.8) is 0 Å². The molecule has 0 aliphatic heterocycles. The Morgan fingerprint density at radius 1 is 1.19 bits per heavy atom. The Bertz CT molecular complexity index is 776. The van der Waals surface area contributed by atoms with Crippen molar-refractivity contribution in [2.45, 2.75) is 18.4 Å². The minimum absolute atomic E-state index is 0.0281. The van der Waals surface area contributed by atoms with Crippen LogP contribution in [0, 0.1) is 12.7 Å². The highest BCUT2D eigenvalue weighted by Crippen LogP contribution is 2.25. The first kappa shape index (κ1) is 16.1. The Morgan fingerprint density at radius 2 is 1.90 bits per heavy atom. The van der Waals surface area contributed by atoms with Crippen molar-refractivity contribution in [1.82, 2.24) is 0 Å². The molecule has 0 amide bonds. The van der Waals surface area contributed by atoms with Crippen LogP contribution in [-0.4, -0.2) is 8.42 Å². The fraction of sp³-hybridized carbons (Fsp3) is 0.143. The number of benzene rings is 2. The van der Waals surface area contributed by atoms with E-state index < -0.39 is 14.9 Å². The Kier molecular flexibility index (Phi) is 4.76. The predicted octanol–water partition coefficient (Wildman–Crippen LogP) is 4.29. The molecule has 0 fully saturated rings. The van der Waals surface area contributed by atoms with Gasteiger partial charge in [-0.3, -0.25) is 0 Å². The monoisotopic (exact) mass is 348 g/mol. The summed E-state index contributed by atoms with van der Waals surface area (Å²) in [5.74, 6) is 0.0367. The first-order valence-electron chi connectivity index (χ1n) is 5.89. The van der Waals surface area contributed by atoms with Crippen LogP contribution >= 0.6 is 22.3 Å². The molecular formula is C14H11Cl2FO3S. The van der Waals surface area contributed by atoms with Gasteiger partial charge in [0.25, 0.3) is 9.05 Å². The van der Waals surface area contributed by atoms with E-state index in [1.807, 2.05) is 0 Å². The minimum atomic E-state index is -3.78. The van der Waals surface area contributed by atoms with E-state index in [1.54, 1.807) is 13.0 Å². The minimum Gasteiger partial charge on any atom is -0.489 e. The number of aryl methyl sites for hydroxylation is 1. The lowest BCUT2D eigenvalue weighted by Crippen LogP contribution is -1.99. The van der Waals surface area contributed by atoms with Crippen molar-refractivity contribution in [2.75, 3.05) is 0 Å². The lowest BCUT2D eigenvalue weighted by atomic mass is 10.2. The molecule has 2 aromatic carbocycles. The number of halogens is 3. The summed E-state index contributed by atoms with van der Waals surface area (Å²) in [7, 11) is 1.52. The normalized spacial score (nSPS) is 11.4. The van der Waals surface area contributed by atoms with Gasteiger partial charge < -0.3 is 4.74 Å². The van der Waals surface area contributed by atoms with Crippen molar-refractivity contribution >= 4 is 31.3 Å². The maximum atomic E-state index is 13.1. The predicted molar refractivity (Wildman–Crippen MR) is 80.0 cm³/mol. The van der Waals surface area contributed by atoms with Crippen molar-refractivity contribution in [1.29, 1.82) is 0 Å². The van der Waals surface area contributed by atoms with Crippen LogP contribution in [0.4, 0.5) is 4.39 Å². The summed E-state index contributed by atoms with van der Waals surface area (Å²) in [5.41, 5.74) is 0.969. The number of hydrogen-bond acceptors (Lipinski definition) is 3. The Labute approximate surface area is 131 Å². The van der Waals surface area contributed by atoms with Crippen molar-refractivity contribution < 1.29 is 17.5 Å². The smallest absolute Gasteiger partial charge is 0.261 e. The van der Waals surface area contributed by atoms with Gasteiger partial charge in [0.2, 0.25) is 0 Å². The molecule has 0 spiro atoms. The topological polar surface area (TPSA) is 43.4 Å². The van der Waals surface area contributed by atoms with E-state index in [9.17, 15) is 12.8 Å². The Morgan fingerprint density at radius 3 is 2.52 bits per heavy atom. The third kappa shape index (κ3) is 4.09. The number of rotatable bonds is 4. The van der Waals surface area contributed by atoms with Crippen LogP contribution in [-0.2, 0) is 15.7 Å². The average Bonchev–Trinajstić information content (AvgIpc) is 2.38. The summed E-state index contributed by atoms with van der Waals surface area (Å²) in [5, 5.41) is 0.396. The van der Waals surface area contributed by atoms with E-state index in [-0.39, 0.29) is 11.5 Å². The molecule has 2 rings (SSSR count). The standard InChI is InChI=1S/C14H11Cl2FO3S/c1-9-6-12(3-5-14(9)21(16,18)19)20-8-10-7-11(17)2-4-13(10)15/h2-7H,8H2,1H3. The molecule has 0 atom stereocenters. The van der Waals surface area contributed by atoms with E-state index in [1.165, 1.54) is 30.3 Å². The molecule has 7 heteroatoms. The highest BCUT2D eigenvalue weighted by atomic mass is 35.7. The first-order chi connectivity index (χ1) is 9.77. The van der Waals surface area contributed by atoms with Gasteiger partial charge in [-0.25, -0.2) is 12.8 Å². The SMILES string of the molecule is Cc1cc(OCc2cc(F)ccc2Cl)ccc1S(=O)(=O)Cl. The molecule has 2 aromatic rings. The maximum absolute atomic E-state index is 13.1. The second-order valence-corrected chi connectivity index (χ2v) is 7.33. The maximum Gasteiger partial charge on any atom is 0.261 e. The van der Waals surface area contributed by atoms with Crippen LogP contribution in [0.15, 0.2) is 41.3 Å². The number of hydrogen-bond donors (Lipinski definition) is 0. The molecule has 0 saturated carbocycles. The van der Waals surface area contributed by atoms with Gasteiger partial charge in [-0.15, -0.1) is 0 Å². The summed E-state index contributed by atoms with van der Waals surface area (Å²) in [6, 6.07) is 8.38. The summed E-state index contributed by atoms with van der Waals surface area (Å²) in [4.78, 5) is 0.0281. The van der Waals surface area contributed by atoms with Crippen LogP contribution in [0.1, 0.15) is 11.1 Å².